The van der Waals surface area contributed by atoms with Gasteiger partial charge in [-0.05, 0) is 25.0 Å². The number of amides is 4. The maximum absolute atomic E-state index is 12.6. The van der Waals surface area contributed by atoms with Gasteiger partial charge in [0.15, 0.2) is 0 Å². The van der Waals surface area contributed by atoms with Gasteiger partial charge < -0.3 is 15.4 Å². The molecule has 2 N–H and O–H groups in total. The molecule has 0 spiro atoms. The molecule has 9 heteroatoms. The molecule has 9 nitrogen and oxygen atoms in total. The van der Waals surface area contributed by atoms with Gasteiger partial charge in [0.1, 0.15) is 11.6 Å². The van der Waals surface area contributed by atoms with Crippen LogP contribution in [-0.4, -0.2) is 52.3 Å². The smallest absolute Gasteiger partial charge is 0.236 e. The lowest BCUT2D eigenvalue weighted by Gasteiger charge is -2.17. The average molecular weight is 412 g/mol. The Labute approximate surface area is 173 Å². The molecule has 2 saturated heterocycles. The first kappa shape index (κ1) is 20.2. The molecule has 2 unspecified atom stereocenters. The summed E-state index contributed by atoms with van der Waals surface area (Å²) in [5, 5.41) is 5.27. The van der Waals surface area contributed by atoms with Gasteiger partial charge >= 0.3 is 0 Å². The first-order chi connectivity index (χ1) is 14.4. The molecule has 2 fully saturated rings. The van der Waals surface area contributed by atoms with E-state index >= 15 is 0 Å². The number of hydrogen-bond donors (Lipinski definition) is 2. The summed E-state index contributed by atoms with van der Waals surface area (Å²) in [6, 6.07) is 4.98. The lowest BCUT2D eigenvalue weighted by Crippen LogP contribution is -2.35. The number of pyridine rings is 1. The van der Waals surface area contributed by atoms with Crippen molar-refractivity contribution in [1.29, 1.82) is 0 Å². The van der Waals surface area contributed by atoms with E-state index in [9.17, 15) is 19.2 Å². The van der Waals surface area contributed by atoms with Crippen LogP contribution in [0.15, 0.2) is 30.4 Å². The summed E-state index contributed by atoms with van der Waals surface area (Å²) >= 11 is 0. The SMILES string of the molecule is CC(=O)Nc1cccc(NC(=O)CCCCCN2C(=O)[C@@H]3C4C=CC(O4)[C@@H]3C2=O)n1. The average Bonchev–Trinajstić information content (AvgIpc) is 3.37. The summed E-state index contributed by atoms with van der Waals surface area (Å²) < 4.78 is 5.62. The normalized spacial score (nSPS) is 26.2. The third-order valence-corrected chi connectivity index (χ3v) is 5.61. The number of carbonyl (C=O) groups excluding carboxylic acids is 4. The Morgan fingerprint density at radius 2 is 1.63 bits per heavy atom. The van der Waals surface area contributed by atoms with Gasteiger partial charge in [0.2, 0.25) is 23.6 Å². The van der Waals surface area contributed by atoms with Crippen LogP contribution in [-0.2, 0) is 23.9 Å². The van der Waals surface area contributed by atoms with Gasteiger partial charge in [-0.25, -0.2) is 4.98 Å². The molecular formula is C21H24N4O5. The number of ether oxygens (including phenoxy) is 1. The highest BCUT2D eigenvalue weighted by Crippen LogP contribution is 2.45. The van der Waals surface area contributed by atoms with Gasteiger partial charge in [-0.2, -0.15) is 0 Å². The zero-order valence-corrected chi connectivity index (χ0v) is 16.7. The maximum atomic E-state index is 12.6. The van der Waals surface area contributed by atoms with Gasteiger partial charge in [-0.3, -0.25) is 24.1 Å². The summed E-state index contributed by atoms with van der Waals surface area (Å²) in [5.41, 5.74) is 0. The number of imide groups is 1. The number of unbranched alkanes of at least 4 members (excludes halogenated alkanes) is 2. The number of carbonyl (C=O) groups is 4. The number of anilines is 2. The van der Waals surface area contributed by atoms with E-state index in [1.807, 2.05) is 12.2 Å². The summed E-state index contributed by atoms with van der Waals surface area (Å²) in [7, 11) is 0. The third kappa shape index (κ3) is 3.97. The molecule has 3 aliphatic heterocycles. The number of nitrogens with one attached hydrogen (secondary N) is 2. The zero-order valence-electron chi connectivity index (χ0n) is 16.7. The van der Waals surface area contributed by atoms with E-state index in [-0.39, 0.29) is 47.7 Å². The fourth-order valence-corrected chi connectivity index (χ4v) is 4.28. The van der Waals surface area contributed by atoms with Crippen molar-refractivity contribution >= 4 is 35.3 Å². The predicted molar refractivity (Wildman–Crippen MR) is 107 cm³/mol. The van der Waals surface area contributed by atoms with E-state index < -0.39 is 0 Å². The van der Waals surface area contributed by atoms with E-state index in [0.717, 1.165) is 6.42 Å². The first-order valence-corrected chi connectivity index (χ1v) is 10.2. The second kappa shape index (κ2) is 8.35. The van der Waals surface area contributed by atoms with E-state index in [0.29, 0.717) is 37.4 Å². The number of nitrogens with zero attached hydrogens (tertiary/aromatic N) is 2. The summed E-state index contributed by atoms with van der Waals surface area (Å²) in [4.78, 5) is 53.8. The Balaban J connectivity index is 1.17. The molecule has 3 aliphatic rings. The molecule has 0 saturated carbocycles. The molecule has 0 aromatic carbocycles. The van der Waals surface area contributed by atoms with Crippen molar-refractivity contribution in [3.63, 3.8) is 0 Å². The lowest BCUT2D eigenvalue weighted by molar-refractivity contribution is -0.142. The summed E-state index contributed by atoms with van der Waals surface area (Å²) in [6.07, 6.45) is 5.55. The minimum atomic E-state index is -0.362. The molecule has 0 radical (unpaired) electrons. The number of hydrogen-bond acceptors (Lipinski definition) is 6. The molecular weight excluding hydrogens is 388 g/mol. The molecule has 4 amide bonds. The fraction of sp³-hybridized carbons (Fsp3) is 0.476. The molecule has 4 rings (SSSR count). The summed E-state index contributed by atoms with van der Waals surface area (Å²) in [6.45, 7) is 1.77. The van der Waals surface area contributed by atoms with E-state index in [1.165, 1.54) is 11.8 Å². The van der Waals surface area contributed by atoms with Crippen LogP contribution in [0.5, 0.6) is 0 Å². The van der Waals surface area contributed by atoms with Crippen molar-refractivity contribution in [3.8, 4) is 0 Å². The van der Waals surface area contributed by atoms with E-state index in [4.69, 9.17) is 4.74 Å². The molecule has 30 heavy (non-hydrogen) atoms. The maximum Gasteiger partial charge on any atom is 0.236 e. The number of fused-ring (bicyclic) bond motifs is 5. The molecule has 1 aromatic rings. The lowest BCUT2D eigenvalue weighted by atomic mass is 9.85. The first-order valence-electron chi connectivity index (χ1n) is 10.2. The van der Waals surface area contributed by atoms with Crippen molar-refractivity contribution in [1.82, 2.24) is 9.88 Å². The standard InChI is InChI=1S/C21H24N4O5/c1-12(26)22-15-6-5-7-16(23-15)24-17(27)8-3-2-4-11-25-20(28)18-13-9-10-14(30-13)19(18)21(25)29/h5-7,9-10,13-14,18-19H,2-4,8,11H2,1H3,(H2,22,23,24,26,27)/t13?,14?,18-,19+. The summed E-state index contributed by atoms with van der Waals surface area (Å²) in [5.74, 6) is -0.658. The second-order valence-corrected chi connectivity index (χ2v) is 7.78. The van der Waals surface area contributed by atoms with Crippen LogP contribution in [0.4, 0.5) is 11.6 Å². The highest BCUT2D eigenvalue weighted by molar-refractivity contribution is 6.06. The number of likely N-dealkylation sites (tertiary alicyclic amines) is 1. The molecule has 4 atom stereocenters. The molecule has 1 aromatic heterocycles. The Bertz CT molecular complexity index is 884. The van der Waals surface area contributed by atoms with Gasteiger partial charge in [0.05, 0.1) is 24.0 Å². The van der Waals surface area contributed by atoms with Crippen LogP contribution in [0.1, 0.15) is 32.6 Å². The van der Waals surface area contributed by atoms with Crippen LogP contribution in [0.2, 0.25) is 0 Å². The van der Waals surface area contributed by atoms with Gasteiger partial charge in [-0.15, -0.1) is 0 Å². The topological polar surface area (TPSA) is 118 Å². The monoisotopic (exact) mass is 412 g/mol. The van der Waals surface area contributed by atoms with Gasteiger partial charge in [-0.1, -0.05) is 24.6 Å². The van der Waals surface area contributed by atoms with Gasteiger partial charge in [0.25, 0.3) is 0 Å². The van der Waals surface area contributed by atoms with E-state index in [2.05, 4.69) is 15.6 Å². The Hall–Kier alpha value is -3.07. The predicted octanol–water partition coefficient (Wildman–Crippen LogP) is 1.48. The molecule has 2 bridgehead atoms. The van der Waals surface area contributed by atoms with Crippen molar-refractivity contribution in [2.45, 2.75) is 44.8 Å². The Morgan fingerprint density at radius 3 is 2.27 bits per heavy atom. The largest absolute Gasteiger partial charge is 0.365 e. The van der Waals surface area contributed by atoms with Crippen LogP contribution < -0.4 is 10.6 Å². The van der Waals surface area contributed by atoms with Crippen molar-refractivity contribution in [3.05, 3.63) is 30.4 Å². The van der Waals surface area contributed by atoms with Crippen LogP contribution >= 0.6 is 0 Å². The fourth-order valence-electron chi connectivity index (χ4n) is 4.28. The number of rotatable bonds is 8. The molecule has 158 valence electrons. The number of aromatic nitrogens is 1. The third-order valence-electron chi connectivity index (χ3n) is 5.61. The highest BCUT2D eigenvalue weighted by Gasteiger charge is 2.60. The van der Waals surface area contributed by atoms with Crippen molar-refractivity contribution < 1.29 is 23.9 Å². The van der Waals surface area contributed by atoms with Gasteiger partial charge in [0, 0.05) is 19.9 Å². The van der Waals surface area contributed by atoms with Crippen molar-refractivity contribution in [2.24, 2.45) is 11.8 Å². The minimum absolute atomic E-state index is 0.135. The minimum Gasteiger partial charge on any atom is -0.365 e. The van der Waals surface area contributed by atoms with Crippen LogP contribution in [0.25, 0.3) is 0 Å². The quantitative estimate of drug-likeness (QED) is 0.379. The molecule has 0 aliphatic carbocycles. The van der Waals surface area contributed by atoms with E-state index in [1.54, 1.807) is 18.2 Å². The zero-order chi connectivity index (χ0) is 21.3. The molecule has 4 heterocycles. The van der Waals surface area contributed by atoms with Crippen LogP contribution in [0, 0.1) is 11.8 Å². The Kier molecular flexibility index (Phi) is 5.63. The van der Waals surface area contributed by atoms with Crippen molar-refractivity contribution in [2.75, 3.05) is 17.2 Å². The highest BCUT2D eigenvalue weighted by atomic mass is 16.5. The van der Waals surface area contributed by atoms with Crippen LogP contribution in [0.3, 0.4) is 0 Å². The second-order valence-electron chi connectivity index (χ2n) is 7.78. The Morgan fingerprint density at radius 1 is 1.00 bits per heavy atom.